The van der Waals surface area contributed by atoms with Crippen molar-refractivity contribution in [1.29, 1.82) is 0 Å². The lowest BCUT2D eigenvalue weighted by Gasteiger charge is -2.09. The minimum absolute atomic E-state index is 0.0978. The molecular weight excluding hydrogens is 252 g/mol. The molecule has 1 aliphatic rings. The van der Waals surface area contributed by atoms with Gasteiger partial charge in [-0.15, -0.1) is 0 Å². The first-order chi connectivity index (χ1) is 9.72. The fraction of sp³-hybridized carbons (Fsp3) is 0.438. The number of benzene rings is 1. The summed E-state index contributed by atoms with van der Waals surface area (Å²) in [5, 5.41) is 4.09. The van der Waals surface area contributed by atoms with Crippen LogP contribution in [0.3, 0.4) is 0 Å². The van der Waals surface area contributed by atoms with E-state index in [9.17, 15) is 4.79 Å². The number of carbonyl (C=O) groups excluding carboxylic acids is 1. The third-order valence-corrected chi connectivity index (χ3v) is 3.99. The zero-order valence-electron chi connectivity index (χ0n) is 11.5. The summed E-state index contributed by atoms with van der Waals surface area (Å²) < 4.78 is 5.72. The first-order valence-corrected chi connectivity index (χ1v) is 7.23. The summed E-state index contributed by atoms with van der Waals surface area (Å²) in [5.74, 6) is 1.14. The summed E-state index contributed by atoms with van der Waals surface area (Å²) in [6.45, 7) is 0.615. The van der Waals surface area contributed by atoms with Crippen LogP contribution in [0.5, 0.6) is 0 Å². The molecule has 2 unspecified atom stereocenters. The molecule has 1 aromatic carbocycles. The maximum absolute atomic E-state index is 12.0. The van der Waals surface area contributed by atoms with Crippen LogP contribution in [0.25, 0.3) is 11.0 Å². The quantitative estimate of drug-likeness (QED) is 0.896. The van der Waals surface area contributed by atoms with Crippen molar-refractivity contribution in [1.82, 2.24) is 5.32 Å². The van der Waals surface area contributed by atoms with Gasteiger partial charge in [-0.2, -0.15) is 0 Å². The van der Waals surface area contributed by atoms with Crippen LogP contribution in [-0.2, 0) is 11.2 Å². The molecule has 1 aromatic heterocycles. The van der Waals surface area contributed by atoms with Gasteiger partial charge in [0, 0.05) is 30.3 Å². The Balaban J connectivity index is 1.51. The van der Waals surface area contributed by atoms with Gasteiger partial charge in [0.05, 0.1) is 0 Å². The van der Waals surface area contributed by atoms with Crippen molar-refractivity contribution in [2.24, 2.45) is 11.7 Å². The average Bonchev–Trinajstić information content (AvgIpc) is 3.04. The lowest BCUT2D eigenvalue weighted by atomic mass is 10.1. The van der Waals surface area contributed by atoms with Crippen molar-refractivity contribution in [3.63, 3.8) is 0 Å². The first-order valence-electron chi connectivity index (χ1n) is 7.23. The molecule has 2 aromatic rings. The summed E-state index contributed by atoms with van der Waals surface area (Å²) in [4.78, 5) is 12.0. The molecule has 1 heterocycles. The molecule has 2 atom stereocenters. The van der Waals surface area contributed by atoms with Crippen LogP contribution in [0.1, 0.15) is 25.0 Å². The van der Waals surface area contributed by atoms with Gasteiger partial charge in [0.1, 0.15) is 11.3 Å². The molecular formula is C16H20N2O2. The minimum atomic E-state index is 0.0978. The number of furan rings is 1. The molecule has 1 fully saturated rings. The summed E-state index contributed by atoms with van der Waals surface area (Å²) in [7, 11) is 0. The highest BCUT2D eigenvalue weighted by atomic mass is 16.3. The van der Waals surface area contributed by atoms with Crippen molar-refractivity contribution in [2.75, 3.05) is 6.54 Å². The molecule has 4 heteroatoms. The predicted molar refractivity (Wildman–Crippen MR) is 78.2 cm³/mol. The Morgan fingerprint density at radius 3 is 2.95 bits per heavy atom. The van der Waals surface area contributed by atoms with E-state index in [0.29, 0.717) is 6.54 Å². The van der Waals surface area contributed by atoms with E-state index in [-0.39, 0.29) is 17.9 Å². The van der Waals surface area contributed by atoms with Crippen LogP contribution in [0.4, 0.5) is 0 Å². The van der Waals surface area contributed by atoms with Gasteiger partial charge in [0.2, 0.25) is 5.91 Å². The molecule has 4 nitrogen and oxygen atoms in total. The number of carbonyl (C=O) groups is 1. The zero-order valence-corrected chi connectivity index (χ0v) is 11.5. The Hall–Kier alpha value is -1.81. The van der Waals surface area contributed by atoms with Gasteiger partial charge >= 0.3 is 0 Å². The second kappa shape index (κ2) is 5.67. The van der Waals surface area contributed by atoms with E-state index in [4.69, 9.17) is 10.2 Å². The lowest BCUT2D eigenvalue weighted by Crippen LogP contribution is -2.31. The maximum Gasteiger partial charge on any atom is 0.223 e. The molecule has 20 heavy (non-hydrogen) atoms. The third-order valence-electron chi connectivity index (χ3n) is 3.99. The molecule has 0 saturated heterocycles. The smallest absolute Gasteiger partial charge is 0.223 e. The molecule has 1 aliphatic carbocycles. The Labute approximate surface area is 118 Å². The number of nitrogens with one attached hydrogen (secondary N) is 1. The fourth-order valence-corrected chi connectivity index (χ4v) is 2.87. The largest absolute Gasteiger partial charge is 0.461 e. The number of fused-ring (bicyclic) bond motifs is 1. The van der Waals surface area contributed by atoms with E-state index >= 15 is 0 Å². The Kier molecular flexibility index (Phi) is 3.74. The summed E-state index contributed by atoms with van der Waals surface area (Å²) >= 11 is 0. The first kappa shape index (κ1) is 13.2. The molecule has 0 spiro atoms. The SMILES string of the molecule is NC1CCC(C(=O)NCCc2cc3ccccc3o2)C1. The molecule has 0 bridgehead atoms. The second-order valence-electron chi connectivity index (χ2n) is 5.56. The summed E-state index contributed by atoms with van der Waals surface area (Å²) in [6, 6.07) is 10.2. The van der Waals surface area contributed by atoms with Gasteiger partial charge < -0.3 is 15.5 Å². The second-order valence-corrected chi connectivity index (χ2v) is 5.56. The number of nitrogens with two attached hydrogens (primary N) is 1. The highest BCUT2D eigenvalue weighted by Gasteiger charge is 2.27. The highest BCUT2D eigenvalue weighted by molar-refractivity contribution is 5.79. The van der Waals surface area contributed by atoms with Crippen molar-refractivity contribution in [3.05, 3.63) is 36.1 Å². The number of hydrogen-bond donors (Lipinski definition) is 2. The van der Waals surface area contributed by atoms with Crippen molar-refractivity contribution >= 4 is 16.9 Å². The van der Waals surface area contributed by atoms with Crippen LogP contribution in [0.15, 0.2) is 34.7 Å². The minimum Gasteiger partial charge on any atom is -0.461 e. The van der Waals surface area contributed by atoms with Gasteiger partial charge in [-0.1, -0.05) is 18.2 Å². The average molecular weight is 272 g/mol. The van der Waals surface area contributed by atoms with Gasteiger partial charge in [0.15, 0.2) is 0 Å². The predicted octanol–water partition coefficient (Wildman–Crippen LogP) is 2.22. The van der Waals surface area contributed by atoms with E-state index in [1.165, 1.54) is 0 Å². The standard InChI is InChI=1S/C16H20N2O2/c17-13-6-5-12(9-13)16(19)18-8-7-14-10-11-3-1-2-4-15(11)20-14/h1-4,10,12-13H,5-9,17H2,(H,18,19). The van der Waals surface area contributed by atoms with Crippen LogP contribution >= 0.6 is 0 Å². The van der Waals surface area contributed by atoms with Gasteiger partial charge in [-0.25, -0.2) is 0 Å². The Morgan fingerprint density at radius 1 is 1.35 bits per heavy atom. The molecule has 1 saturated carbocycles. The van der Waals surface area contributed by atoms with Crippen molar-refractivity contribution in [2.45, 2.75) is 31.7 Å². The number of hydrogen-bond acceptors (Lipinski definition) is 3. The van der Waals surface area contributed by atoms with Crippen molar-refractivity contribution in [3.8, 4) is 0 Å². The van der Waals surface area contributed by atoms with Gasteiger partial charge in [0.25, 0.3) is 0 Å². The fourth-order valence-electron chi connectivity index (χ4n) is 2.87. The molecule has 106 valence electrons. The third kappa shape index (κ3) is 2.85. The number of amides is 1. The van der Waals surface area contributed by atoms with Crippen LogP contribution in [0.2, 0.25) is 0 Å². The highest BCUT2D eigenvalue weighted by Crippen LogP contribution is 2.24. The van der Waals surface area contributed by atoms with Crippen LogP contribution in [-0.4, -0.2) is 18.5 Å². The van der Waals surface area contributed by atoms with Crippen molar-refractivity contribution < 1.29 is 9.21 Å². The van der Waals surface area contributed by atoms with E-state index in [0.717, 1.165) is 42.4 Å². The molecule has 1 amide bonds. The molecule has 3 rings (SSSR count). The zero-order chi connectivity index (χ0) is 13.9. The summed E-state index contributed by atoms with van der Waals surface area (Å²) in [6.07, 6.45) is 3.41. The Morgan fingerprint density at radius 2 is 2.20 bits per heavy atom. The molecule has 0 aliphatic heterocycles. The Bertz CT molecular complexity index is 572. The normalized spacial score (nSPS) is 22.2. The molecule has 3 N–H and O–H groups in total. The monoisotopic (exact) mass is 272 g/mol. The van der Waals surface area contributed by atoms with E-state index in [1.54, 1.807) is 0 Å². The van der Waals surface area contributed by atoms with Gasteiger partial charge in [-0.3, -0.25) is 4.79 Å². The lowest BCUT2D eigenvalue weighted by molar-refractivity contribution is -0.124. The van der Waals surface area contributed by atoms with Crippen LogP contribution in [0, 0.1) is 5.92 Å². The van der Waals surface area contributed by atoms with E-state index in [1.807, 2.05) is 30.3 Å². The maximum atomic E-state index is 12.0. The van der Waals surface area contributed by atoms with E-state index in [2.05, 4.69) is 5.32 Å². The number of rotatable bonds is 4. The van der Waals surface area contributed by atoms with E-state index < -0.39 is 0 Å². The topological polar surface area (TPSA) is 68.3 Å². The summed E-state index contributed by atoms with van der Waals surface area (Å²) in [5.41, 5.74) is 6.73. The molecule has 0 radical (unpaired) electrons. The number of para-hydroxylation sites is 1. The van der Waals surface area contributed by atoms with Crippen LogP contribution < -0.4 is 11.1 Å². The van der Waals surface area contributed by atoms with Gasteiger partial charge in [-0.05, 0) is 31.4 Å².